The fourth-order valence-corrected chi connectivity index (χ4v) is 3.60. The van der Waals surface area contributed by atoms with Crippen molar-refractivity contribution in [2.45, 2.75) is 25.7 Å². The molecule has 2 aromatic rings. The van der Waals surface area contributed by atoms with Gasteiger partial charge in [0.1, 0.15) is 11.6 Å². The van der Waals surface area contributed by atoms with Crippen LogP contribution in [0, 0.1) is 5.82 Å². The first-order chi connectivity index (χ1) is 13.5. The highest BCUT2D eigenvalue weighted by Gasteiger charge is 2.22. The molecule has 1 atom stereocenters. The van der Waals surface area contributed by atoms with Crippen molar-refractivity contribution >= 4 is 5.91 Å². The lowest BCUT2D eigenvalue weighted by Crippen LogP contribution is -2.49. The largest absolute Gasteiger partial charge is 0.497 e. The Kier molecular flexibility index (Phi) is 7.04. The van der Waals surface area contributed by atoms with Crippen LogP contribution >= 0.6 is 0 Å². The van der Waals surface area contributed by atoms with E-state index < -0.39 is 0 Å². The number of piperazine rings is 1. The number of methoxy groups -OCH3 is 1. The highest BCUT2D eigenvalue weighted by Crippen LogP contribution is 2.23. The predicted molar refractivity (Wildman–Crippen MR) is 109 cm³/mol. The first-order valence-electron chi connectivity index (χ1n) is 9.93. The molecule has 1 saturated heterocycles. The van der Waals surface area contributed by atoms with E-state index in [1.54, 1.807) is 7.11 Å². The number of rotatable bonds is 7. The van der Waals surface area contributed by atoms with Crippen LogP contribution < -0.4 is 4.74 Å². The van der Waals surface area contributed by atoms with Crippen molar-refractivity contribution in [3.63, 3.8) is 0 Å². The van der Waals surface area contributed by atoms with Crippen LogP contribution in [-0.4, -0.2) is 55.5 Å². The smallest absolute Gasteiger partial charge is 0.223 e. The molecule has 3 rings (SSSR count). The van der Waals surface area contributed by atoms with Crippen molar-refractivity contribution in [2.24, 2.45) is 0 Å². The Morgan fingerprint density at radius 1 is 1.04 bits per heavy atom. The van der Waals surface area contributed by atoms with E-state index in [4.69, 9.17) is 4.74 Å². The third-order valence-corrected chi connectivity index (χ3v) is 5.52. The molecule has 0 saturated carbocycles. The number of amides is 1. The Morgan fingerprint density at radius 2 is 1.68 bits per heavy atom. The van der Waals surface area contributed by atoms with E-state index in [-0.39, 0.29) is 17.6 Å². The van der Waals surface area contributed by atoms with Gasteiger partial charge in [0.2, 0.25) is 5.91 Å². The summed E-state index contributed by atoms with van der Waals surface area (Å²) in [7, 11) is 1.65. The zero-order valence-corrected chi connectivity index (χ0v) is 16.7. The number of hydrogen-bond donors (Lipinski definition) is 0. The van der Waals surface area contributed by atoms with Crippen molar-refractivity contribution in [1.29, 1.82) is 0 Å². The molecule has 1 heterocycles. The van der Waals surface area contributed by atoms with E-state index >= 15 is 0 Å². The number of halogens is 1. The third kappa shape index (κ3) is 5.55. The molecule has 2 aromatic carbocycles. The number of carbonyl (C=O) groups excluding carboxylic acids is 1. The van der Waals surface area contributed by atoms with Gasteiger partial charge in [0.15, 0.2) is 0 Å². The molecule has 0 N–H and O–H groups in total. The topological polar surface area (TPSA) is 32.8 Å². The van der Waals surface area contributed by atoms with Crippen molar-refractivity contribution < 1.29 is 13.9 Å². The van der Waals surface area contributed by atoms with Crippen LogP contribution in [-0.2, 0) is 11.2 Å². The van der Waals surface area contributed by atoms with Crippen molar-refractivity contribution in [1.82, 2.24) is 9.80 Å². The second-order valence-corrected chi connectivity index (χ2v) is 7.48. The van der Waals surface area contributed by atoms with Crippen LogP contribution in [0.15, 0.2) is 48.5 Å². The molecular formula is C23H29FN2O2. The fraction of sp³-hybridized carbons (Fsp3) is 0.435. The Labute approximate surface area is 166 Å². The molecule has 1 fully saturated rings. The first kappa shape index (κ1) is 20.3. The van der Waals surface area contributed by atoms with Crippen LogP contribution in [0.25, 0.3) is 0 Å². The highest BCUT2D eigenvalue weighted by atomic mass is 19.1. The van der Waals surface area contributed by atoms with Gasteiger partial charge < -0.3 is 9.64 Å². The van der Waals surface area contributed by atoms with Gasteiger partial charge >= 0.3 is 0 Å². The number of carbonyl (C=O) groups is 1. The molecule has 0 bridgehead atoms. The van der Waals surface area contributed by atoms with Crippen molar-refractivity contribution in [2.75, 3.05) is 39.8 Å². The Morgan fingerprint density at radius 3 is 2.29 bits per heavy atom. The molecule has 150 valence electrons. The maximum atomic E-state index is 13.0. The molecule has 0 aromatic heterocycles. The lowest BCUT2D eigenvalue weighted by atomic mass is 9.97. The summed E-state index contributed by atoms with van der Waals surface area (Å²) in [6.45, 7) is 6.37. The second kappa shape index (κ2) is 9.69. The van der Waals surface area contributed by atoms with Crippen LogP contribution in [0.5, 0.6) is 5.75 Å². The van der Waals surface area contributed by atoms with Gasteiger partial charge in [-0.2, -0.15) is 0 Å². The molecule has 1 aliphatic heterocycles. The first-order valence-corrected chi connectivity index (χ1v) is 9.93. The quantitative estimate of drug-likeness (QED) is 0.730. The summed E-state index contributed by atoms with van der Waals surface area (Å²) >= 11 is 0. The van der Waals surface area contributed by atoms with E-state index in [0.717, 1.165) is 56.0 Å². The van der Waals surface area contributed by atoms with Gasteiger partial charge in [-0.1, -0.05) is 31.2 Å². The number of benzene rings is 2. The number of ether oxygens (including phenoxy) is 1. The van der Waals surface area contributed by atoms with Gasteiger partial charge in [0, 0.05) is 39.1 Å². The molecule has 1 amide bonds. The summed E-state index contributed by atoms with van der Waals surface area (Å²) in [5.74, 6) is 1.05. The second-order valence-electron chi connectivity index (χ2n) is 7.48. The standard InChI is InChI=1S/C23H29FN2O2/c1-18(20-5-9-22(28-2)10-6-20)17-23(27)26-15-13-25(14-16-26)12-11-19-3-7-21(24)8-4-19/h3-10,18H,11-17H2,1-2H3. The molecular weight excluding hydrogens is 355 g/mol. The molecule has 1 unspecified atom stereocenters. The minimum absolute atomic E-state index is 0.190. The van der Waals surface area contributed by atoms with Gasteiger partial charge in [0.25, 0.3) is 0 Å². The monoisotopic (exact) mass is 384 g/mol. The summed E-state index contributed by atoms with van der Waals surface area (Å²) in [6.07, 6.45) is 1.44. The van der Waals surface area contributed by atoms with E-state index in [1.165, 1.54) is 12.1 Å². The maximum absolute atomic E-state index is 13.0. The minimum Gasteiger partial charge on any atom is -0.497 e. The zero-order chi connectivity index (χ0) is 19.9. The molecule has 28 heavy (non-hydrogen) atoms. The van der Waals surface area contributed by atoms with Crippen LogP contribution in [0.4, 0.5) is 4.39 Å². The van der Waals surface area contributed by atoms with Gasteiger partial charge in [-0.15, -0.1) is 0 Å². The summed E-state index contributed by atoms with van der Waals surface area (Å²) < 4.78 is 18.2. The van der Waals surface area contributed by atoms with E-state index in [1.807, 2.05) is 41.3 Å². The molecule has 1 aliphatic rings. The number of nitrogens with zero attached hydrogens (tertiary/aromatic N) is 2. The molecule has 0 radical (unpaired) electrons. The Balaban J connectivity index is 1.42. The van der Waals surface area contributed by atoms with Crippen molar-refractivity contribution in [3.8, 4) is 5.75 Å². The van der Waals surface area contributed by atoms with Crippen molar-refractivity contribution in [3.05, 3.63) is 65.5 Å². The normalized spacial score (nSPS) is 16.0. The van der Waals surface area contributed by atoms with E-state index in [0.29, 0.717) is 6.42 Å². The van der Waals surface area contributed by atoms with Gasteiger partial charge in [-0.3, -0.25) is 9.69 Å². The molecule has 5 heteroatoms. The van der Waals surface area contributed by atoms with Gasteiger partial charge in [0.05, 0.1) is 7.11 Å². The van der Waals surface area contributed by atoms with Gasteiger partial charge in [-0.05, 0) is 47.7 Å². The molecule has 0 aliphatic carbocycles. The van der Waals surface area contributed by atoms with Crippen LogP contribution in [0.1, 0.15) is 30.4 Å². The van der Waals surface area contributed by atoms with Crippen LogP contribution in [0.2, 0.25) is 0 Å². The predicted octanol–water partition coefficient (Wildman–Crippen LogP) is 3.71. The third-order valence-electron chi connectivity index (χ3n) is 5.52. The summed E-state index contributed by atoms with van der Waals surface area (Å²) in [6, 6.07) is 14.7. The summed E-state index contributed by atoms with van der Waals surface area (Å²) in [4.78, 5) is 17.0. The molecule has 0 spiro atoms. The number of hydrogen-bond acceptors (Lipinski definition) is 3. The van der Waals surface area contributed by atoms with E-state index in [2.05, 4.69) is 11.8 Å². The summed E-state index contributed by atoms with van der Waals surface area (Å²) in [5, 5.41) is 0. The zero-order valence-electron chi connectivity index (χ0n) is 16.7. The fourth-order valence-electron chi connectivity index (χ4n) is 3.60. The summed E-state index contributed by atoms with van der Waals surface area (Å²) in [5.41, 5.74) is 2.31. The Hall–Kier alpha value is -2.40. The van der Waals surface area contributed by atoms with Crippen LogP contribution in [0.3, 0.4) is 0 Å². The average molecular weight is 384 g/mol. The maximum Gasteiger partial charge on any atom is 0.223 e. The SMILES string of the molecule is COc1ccc(C(C)CC(=O)N2CCN(CCc3ccc(F)cc3)CC2)cc1. The van der Waals surface area contributed by atoms with E-state index in [9.17, 15) is 9.18 Å². The van der Waals surface area contributed by atoms with Gasteiger partial charge in [-0.25, -0.2) is 4.39 Å². The highest BCUT2D eigenvalue weighted by molar-refractivity contribution is 5.77. The minimum atomic E-state index is -0.195. The lowest BCUT2D eigenvalue weighted by Gasteiger charge is -2.35. The lowest BCUT2D eigenvalue weighted by molar-refractivity contribution is -0.133. The molecule has 4 nitrogen and oxygen atoms in total. The Bertz CT molecular complexity index is 753. The average Bonchev–Trinajstić information content (AvgIpc) is 2.73.